The summed E-state index contributed by atoms with van der Waals surface area (Å²) >= 11 is 0. The molecule has 2 aromatic rings. The van der Waals surface area contributed by atoms with Crippen molar-refractivity contribution in [3.8, 4) is 0 Å². The fourth-order valence-corrected chi connectivity index (χ4v) is 5.75. The van der Waals surface area contributed by atoms with Crippen LogP contribution in [0.2, 0.25) is 0 Å². The van der Waals surface area contributed by atoms with Crippen LogP contribution in [0.25, 0.3) is 0 Å². The molecule has 0 radical (unpaired) electrons. The fraction of sp³-hybridized carbons (Fsp3) is 0.696. The van der Waals surface area contributed by atoms with E-state index in [2.05, 4.69) is 60.3 Å². The van der Waals surface area contributed by atoms with E-state index in [-0.39, 0.29) is 18.4 Å². The molecular weight excluding hydrogens is 396 g/mol. The van der Waals surface area contributed by atoms with Crippen LogP contribution in [-0.4, -0.2) is 62.2 Å². The molecule has 6 nitrogen and oxygen atoms in total. The lowest BCUT2D eigenvalue weighted by Gasteiger charge is -2.41. The predicted octanol–water partition coefficient (Wildman–Crippen LogP) is 4.25. The molecule has 3 fully saturated rings. The van der Waals surface area contributed by atoms with Gasteiger partial charge in [0.05, 0.1) is 12.1 Å². The third-order valence-corrected chi connectivity index (χ3v) is 7.35. The van der Waals surface area contributed by atoms with Crippen molar-refractivity contribution >= 4 is 12.4 Å². The summed E-state index contributed by atoms with van der Waals surface area (Å²) in [5, 5.41) is 13.2. The van der Waals surface area contributed by atoms with Crippen molar-refractivity contribution in [2.24, 2.45) is 0 Å². The molecule has 7 heteroatoms. The monoisotopic (exact) mass is 430 g/mol. The zero-order valence-electron chi connectivity index (χ0n) is 17.9. The fourth-order valence-electron chi connectivity index (χ4n) is 5.75. The minimum Gasteiger partial charge on any atom is -0.298 e. The Bertz CT molecular complexity index is 761. The van der Waals surface area contributed by atoms with Gasteiger partial charge in [0.25, 0.3) is 0 Å². The van der Waals surface area contributed by atoms with Crippen LogP contribution in [-0.2, 0) is 0 Å². The minimum atomic E-state index is 0. The Morgan fingerprint density at radius 3 is 2.10 bits per heavy atom. The molecule has 2 aliphatic carbocycles. The van der Waals surface area contributed by atoms with E-state index in [1.807, 2.05) is 0 Å². The summed E-state index contributed by atoms with van der Waals surface area (Å²) in [5.41, 5.74) is 1.31. The van der Waals surface area contributed by atoms with E-state index in [1.54, 1.807) is 0 Å². The van der Waals surface area contributed by atoms with Crippen molar-refractivity contribution in [3.63, 3.8) is 0 Å². The third-order valence-electron chi connectivity index (χ3n) is 7.35. The maximum atomic E-state index is 4.59. The van der Waals surface area contributed by atoms with Crippen LogP contribution in [0.15, 0.2) is 30.3 Å². The smallest absolute Gasteiger partial charge is 0.173 e. The van der Waals surface area contributed by atoms with Gasteiger partial charge in [-0.05, 0) is 41.7 Å². The van der Waals surface area contributed by atoms with Gasteiger partial charge in [0, 0.05) is 32.2 Å². The number of halogens is 1. The molecule has 3 aliphatic rings. The molecule has 1 aromatic heterocycles. The van der Waals surface area contributed by atoms with E-state index in [0.717, 1.165) is 25.0 Å². The lowest BCUT2D eigenvalue weighted by atomic mass is 9.95. The van der Waals surface area contributed by atoms with Crippen LogP contribution >= 0.6 is 12.4 Å². The Balaban J connectivity index is 0.00000218. The largest absolute Gasteiger partial charge is 0.298 e. The molecule has 0 N–H and O–H groups in total. The van der Waals surface area contributed by atoms with Crippen molar-refractivity contribution in [1.82, 2.24) is 30.0 Å². The zero-order chi connectivity index (χ0) is 19.5. The van der Waals surface area contributed by atoms with Gasteiger partial charge in [0.15, 0.2) is 5.82 Å². The molecule has 5 rings (SSSR count). The Labute approximate surface area is 186 Å². The predicted molar refractivity (Wildman–Crippen MR) is 121 cm³/mol. The summed E-state index contributed by atoms with van der Waals surface area (Å²) in [6.07, 6.45) is 11.9. The second-order valence-corrected chi connectivity index (χ2v) is 9.10. The Morgan fingerprint density at radius 1 is 0.767 bits per heavy atom. The van der Waals surface area contributed by atoms with E-state index < -0.39 is 0 Å². The van der Waals surface area contributed by atoms with Crippen molar-refractivity contribution in [2.45, 2.75) is 75.9 Å². The number of aromatic nitrogens is 4. The summed E-state index contributed by atoms with van der Waals surface area (Å²) in [6, 6.07) is 12.3. The quantitative estimate of drug-likeness (QED) is 0.709. The van der Waals surface area contributed by atoms with Crippen LogP contribution < -0.4 is 0 Å². The topological polar surface area (TPSA) is 50.1 Å². The number of piperazine rings is 1. The van der Waals surface area contributed by atoms with Crippen LogP contribution in [0.5, 0.6) is 0 Å². The SMILES string of the molecule is Cl.c1ccc(C(c2nnnn2C2CCCCC2)N2CCN(C3CCCC3)CC2)cc1. The lowest BCUT2D eigenvalue weighted by molar-refractivity contribution is 0.0760. The van der Waals surface area contributed by atoms with Gasteiger partial charge in [-0.1, -0.05) is 62.4 Å². The Hall–Kier alpha value is -1.50. The summed E-state index contributed by atoms with van der Waals surface area (Å²) in [5.74, 6) is 1.04. The number of rotatable bonds is 5. The van der Waals surface area contributed by atoms with Gasteiger partial charge in [0.2, 0.25) is 0 Å². The first-order valence-corrected chi connectivity index (χ1v) is 11.7. The van der Waals surface area contributed by atoms with Crippen LogP contribution in [0.4, 0.5) is 0 Å². The van der Waals surface area contributed by atoms with Gasteiger partial charge >= 0.3 is 0 Å². The highest BCUT2D eigenvalue weighted by Crippen LogP contribution is 2.34. The highest BCUT2D eigenvalue weighted by Gasteiger charge is 2.34. The summed E-state index contributed by atoms with van der Waals surface area (Å²) in [4.78, 5) is 5.35. The first-order valence-electron chi connectivity index (χ1n) is 11.7. The number of hydrogen-bond acceptors (Lipinski definition) is 5. The van der Waals surface area contributed by atoms with Crippen LogP contribution in [0, 0.1) is 0 Å². The van der Waals surface area contributed by atoms with E-state index >= 15 is 0 Å². The van der Waals surface area contributed by atoms with Crippen molar-refractivity contribution < 1.29 is 0 Å². The molecule has 2 saturated carbocycles. The highest BCUT2D eigenvalue weighted by molar-refractivity contribution is 5.85. The number of tetrazole rings is 1. The molecule has 1 aromatic carbocycles. The summed E-state index contributed by atoms with van der Waals surface area (Å²) < 4.78 is 2.17. The molecule has 1 unspecified atom stereocenters. The summed E-state index contributed by atoms with van der Waals surface area (Å²) in [7, 11) is 0. The van der Waals surface area contributed by atoms with E-state index in [1.165, 1.54) is 76.4 Å². The molecular formula is C23H35ClN6. The molecule has 1 atom stereocenters. The Morgan fingerprint density at radius 2 is 1.40 bits per heavy atom. The average molecular weight is 431 g/mol. The van der Waals surface area contributed by atoms with Crippen LogP contribution in [0.3, 0.4) is 0 Å². The standard InChI is InChI=1S/C23H34N6.ClH/c1-3-9-19(10-4-1)22(23-24-25-26-29(23)21-13-5-2-6-14-21)28-17-15-27(16-18-28)20-11-7-8-12-20;/h1,3-4,9-10,20-22H,2,5-8,11-18H2;1H. The van der Waals surface area contributed by atoms with Crippen molar-refractivity contribution in [1.29, 1.82) is 0 Å². The van der Waals surface area contributed by atoms with Gasteiger partial charge in [-0.3, -0.25) is 9.80 Å². The summed E-state index contributed by atoms with van der Waals surface area (Å²) in [6.45, 7) is 4.51. The second kappa shape index (κ2) is 10.2. The first-order chi connectivity index (χ1) is 14.4. The van der Waals surface area contributed by atoms with Gasteiger partial charge in [-0.25, -0.2) is 4.68 Å². The zero-order valence-corrected chi connectivity index (χ0v) is 18.7. The van der Waals surface area contributed by atoms with E-state index in [4.69, 9.17) is 0 Å². The maximum absolute atomic E-state index is 4.59. The molecule has 0 amide bonds. The van der Waals surface area contributed by atoms with Gasteiger partial charge < -0.3 is 0 Å². The Kier molecular flexibility index (Phi) is 7.39. The van der Waals surface area contributed by atoms with Gasteiger partial charge in [0.1, 0.15) is 0 Å². The normalized spacial score (nSPS) is 23.3. The van der Waals surface area contributed by atoms with Crippen molar-refractivity contribution in [3.05, 3.63) is 41.7 Å². The lowest BCUT2D eigenvalue weighted by Crippen LogP contribution is -2.51. The molecule has 1 saturated heterocycles. The first kappa shape index (κ1) is 21.7. The molecule has 164 valence electrons. The highest BCUT2D eigenvalue weighted by atomic mass is 35.5. The van der Waals surface area contributed by atoms with E-state index in [0.29, 0.717) is 6.04 Å². The van der Waals surface area contributed by atoms with Gasteiger partial charge in [-0.2, -0.15) is 0 Å². The molecule has 1 aliphatic heterocycles. The maximum Gasteiger partial charge on any atom is 0.173 e. The third kappa shape index (κ3) is 4.56. The molecule has 0 bridgehead atoms. The second-order valence-electron chi connectivity index (χ2n) is 9.10. The minimum absolute atomic E-state index is 0. The number of nitrogens with zero attached hydrogens (tertiary/aromatic N) is 6. The number of benzene rings is 1. The molecule has 0 spiro atoms. The van der Waals surface area contributed by atoms with Crippen LogP contribution in [0.1, 0.15) is 81.3 Å². The van der Waals surface area contributed by atoms with Crippen molar-refractivity contribution in [2.75, 3.05) is 26.2 Å². The average Bonchev–Trinajstić information content (AvgIpc) is 3.49. The molecule has 2 heterocycles. The molecule has 30 heavy (non-hydrogen) atoms. The number of hydrogen-bond donors (Lipinski definition) is 0. The van der Waals surface area contributed by atoms with E-state index in [9.17, 15) is 0 Å². The van der Waals surface area contributed by atoms with Gasteiger partial charge in [-0.15, -0.1) is 17.5 Å².